The zero-order valence-corrected chi connectivity index (χ0v) is 12.0. The van der Waals surface area contributed by atoms with Crippen molar-refractivity contribution in [3.8, 4) is 11.5 Å². The average Bonchev–Trinajstić information content (AvgIpc) is 2.47. The first-order chi connectivity index (χ1) is 10.8. The Morgan fingerprint density at radius 2 is 1.00 bits per heavy atom. The van der Waals surface area contributed by atoms with E-state index in [4.69, 9.17) is 0 Å². The number of nitro benzene ring substituents is 2. The monoisotopic (exact) mass is 340 g/mol. The van der Waals surface area contributed by atoms with Gasteiger partial charge in [-0.15, -0.1) is 8.42 Å². The van der Waals surface area contributed by atoms with Crippen LogP contribution in [0.4, 0.5) is 11.4 Å². The molecule has 0 N–H and O–H groups in total. The fourth-order valence-corrected chi connectivity index (χ4v) is 2.23. The number of nitrogens with zero attached hydrogens (tertiary/aromatic N) is 2. The van der Waals surface area contributed by atoms with Crippen molar-refractivity contribution in [1.82, 2.24) is 0 Å². The summed E-state index contributed by atoms with van der Waals surface area (Å²) in [4.78, 5) is 19.7. The van der Waals surface area contributed by atoms with Crippen LogP contribution < -0.4 is 8.37 Å². The number of hydrogen-bond donors (Lipinski definition) is 0. The van der Waals surface area contributed by atoms with Crippen molar-refractivity contribution in [3.05, 3.63) is 68.8 Å². The lowest BCUT2D eigenvalue weighted by atomic mass is 10.3. The highest BCUT2D eigenvalue weighted by Gasteiger charge is 2.17. The number of hydrogen-bond acceptors (Lipinski definition) is 8. The van der Waals surface area contributed by atoms with E-state index < -0.39 is 20.2 Å². The maximum absolute atomic E-state index is 11.7. The predicted octanol–water partition coefficient (Wildman–Crippen LogP) is 2.21. The molecule has 0 atom stereocenters. The van der Waals surface area contributed by atoms with E-state index in [-0.39, 0.29) is 22.9 Å². The SMILES string of the molecule is O=[N+]([O-])c1ccc(OS(=O)(=O)Oc2ccc([N+](=O)[O-])cc2)cc1. The van der Waals surface area contributed by atoms with Crippen LogP contribution in [0.25, 0.3) is 0 Å². The zero-order chi connectivity index (χ0) is 17.0. The minimum atomic E-state index is -4.49. The molecule has 0 heterocycles. The molecule has 0 saturated heterocycles. The zero-order valence-electron chi connectivity index (χ0n) is 11.2. The molecule has 0 spiro atoms. The van der Waals surface area contributed by atoms with E-state index in [1.54, 1.807) is 0 Å². The molecule has 0 saturated carbocycles. The first kappa shape index (κ1) is 16.2. The average molecular weight is 340 g/mol. The van der Waals surface area contributed by atoms with Gasteiger partial charge >= 0.3 is 10.4 Å². The van der Waals surface area contributed by atoms with Crippen LogP contribution in [0.3, 0.4) is 0 Å². The third-order valence-corrected chi connectivity index (χ3v) is 3.28. The molecule has 0 fully saturated rings. The van der Waals surface area contributed by atoms with Crippen LogP contribution in [-0.2, 0) is 10.4 Å². The summed E-state index contributed by atoms with van der Waals surface area (Å²) < 4.78 is 32.6. The quantitative estimate of drug-likeness (QED) is 0.576. The van der Waals surface area contributed by atoms with Gasteiger partial charge in [0, 0.05) is 24.3 Å². The summed E-state index contributed by atoms with van der Waals surface area (Å²) in [5.74, 6) is -0.366. The Bertz CT molecular complexity index is 765. The van der Waals surface area contributed by atoms with E-state index in [1.807, 2.05) is 0 Å². The summed E-state index contributed by atoms with van der Waals surface area (Å²) in [7, 11) is -4.49. The Kier molecular flexibility index (Phi) is 4.41. The Morgan fingerprint density at radius 3 is 1.26 bits per heavy atom. The molecule has 0 radical (unpaired) electrons. The fraction of sp³-hybridized carbons (Fsp3) is 0. The van der Waals surface area contributed by atoms with Gasteiger partial charge in [0.05, 0.1) is 9.85 Å². The molecule has 0 aliphatic heterocycles. The van der Waals surface area contributed by atoms with Gasteiger partial charge in [-0.1, -0.05) is 0 Å². The summed E-state index contributed by atoms with van der Waals surface area (Å²) in [6.07, 6.45) is 0. The fourth-order valence-electron chi connectivity index (χ4n) is 1.50. The van der Waals surface area contributed by atoms with Gasteiger partial charge in [-0.2, -0.15) is 0 Å². The molecule has 0 amide bonds. The molecule has 0 aliphatic rings. The van der Waals surface area contributed by atoms with Crippen molar-refractivity contribution in [2.75, 3.05) is 0 Å². The van der Waals surface area contributed by atoms with Crippen molar-refractivity contribution in [2.45, 2.75) is 0 Å². The lowest BCUT2D eigenvalue weighted by Crippen LogP contribution is -2.16. The molecule has 0 aliphatic carbocycles. The maximum Gasteiger partial charge on any atom is 0.500 e. The van der Waals surface area contributed by atoms with E-state index in [9.17, 15) is 28.6 Å². The van der Waals surface area contributed by atoms with Crippen LogP contribution >= 0.6 is 0 Å². The highest BCUT2D eigenvalue weighted by molar-refractivity contribution is 7.82. The van der Waals surface area contributed by atoms with Crippen molar-refractivity contribution in [1.29, 1.82) is 0 Å². The summed E-state index contributed by atoms with van der Waals surface area (Å²) in [5.41, 5.74) is -0.461. The second-order valence-electron chi connectivity index (χ2n) is 4.08. The second kappa shape index (κ2) is 6.27. The molecular weight excluding hydrogens is 332 g/mol. The van der Waals surface area contributed by atoms with Crippen molar-refractivity contribution < 1.29 is 26.6 Å². The minimum Gasteiger partial charge on any atom is -0.353 e. The third-order valence-electron chi connectivity index (χ3n) is 2.49. The van der Waals surface area contributed by atoms with E-state index in [1.165, 1.54) is 0 Å². The smallest absolute Gasteiger partial charge is 0.353 e. The van der Waals surface area contributed by atoms with Gasteiger partial charge in [-0.25, -0.2) is 0 Å². The van der Waals surface area contributed by atoms with Gasteiger partial charge in [0.2, 0.25) is 0 Å². The van der Waals surface area contributed by atoms with Gasteiger partial charge in [0.25, 0.3) is 11.4 Å². The number of rotatable bonds is 6. The van der Waals surface area contributed by atoms with Gasteiger partial charge in [0.1, 0.15) is 11.5 Å². The summed E-state index contributed by atoms with van der Waals surface area (Å²) in [6.45, 7) is 0. The van der Waals surface area contributed by atoms with E-state index in [0.29, 0.717) is 0 Å². The first-order valence-electron chi connectivity index (χ1n) is 5.90. The van der Waals surface area contributed by atoms with Gasteiger partial charge in [-0.3, -0.25) is 20.2 Å². The Morgan fingerprint density at radius 1 is 0.696 bits per heavy atom. The number of benzene rings is 2. The van der Waals surface area contributed by atoms with Gasteiger partial charge in [0.15, 0.2) is 0 Å². The lowest BCUT2D eigenvalue weighted by molar-refractivity contribution is -0.385. The first-order valence-corrected chi connectivity index (χ1v) is 7.23. The van der Waals surface area contributed by atoms with Crippen LogP contribution in [0.5, 0.6) is 11.5 Å². The predicted molar refractivity (Wildman–Crippen MR) is 76.4 cm³/mol. The van der Waals surface area contributed by atoms with Crippen LogP contribution in [0.1, 0.15) is 0 Å². The maximum atomic E-state index is 11.7. The molecule has 23 heavy (non-hydrogen) atoms. The summed E-state index contributed by atoms with van der Waals surface area (Å²) in [6, 6.07) is 8.63. The largest absolute Gasteiger partial charge is 0.500 e. The second-order valence-corrected chi connectivity index (χ2v) is 5.23. The Labute approximate surface area is 129 Å². The number of non-ortho nitro benzene ring substituents is 2. The summed E-state index contributed by atoms with van der Waals surface area (Å²) >= 11 is 0. The van der Waals surface area contributed by atoms with E-state index in [2.05, 4.69) is 8.37 Å². The van der Waals surface area contributed by atoms with Crippen LogP contribution in [-0.4, -0.2) is 18.3 Å². The molecule has 10 nitrogen and oxygen atoms in total. The highest BCUT2D eigenvalue weighted by atomic mass is 32.3. The Hall–Kier alpha value is -3.21. The molecule has 0 unspecified atom stereocenters. The number of nitro groups is 2. The van der Waals surface area contributed by atoms with Crippen LogP contribution in [0, 0.1) is 20.2 Å². The third kappa shape index (κ3) is 4.38. The van der Waals surface area contributed by atoms with Gasteiger partial charge < -0.3 is 8.37 Å². The molecule has 0 bridgehead atoms. The molecule has 2 aromatic rings. The normalized spacial score (nSPS) is 10.8. The molecule has 120 valence electrons. The van der Waals surface area contributed by atoms with E-state index in [0.717, 1.165) is 48.5 Å². The highest BCUT2D eigenvalue weighted by Crippen LogP contribution is 2.22. The van der Waals surface area contributed by atoms with Crippen LogP contribution in [0.15, 0.2) is 48.5 Å². The standard InChI is InChI=1S/C12H8N2O8S/c15-13(16)9-1-5-11(6-2-9)21-23(19,20)22-12-7-3-10(4-8-12)14(17)18/h1-8H. The molecule has 0 aromatic heterocycles. The molecule has 11 heteroatoms. The molecular formula is C12H8N2O8S. The molecule has 2 rings (SSSR count). The van der Waals surface area contributed by atoms with Crippen LogP contribution in [0.2, 0.25) is 0 Å². The summed E-state index contributed by atoms with van der Waals surface area (Å²) in [5, 5.41) is 21.0. The topological polar surface area (TPSA) is 139 Å². The van der Waals surface area contributed by atoms with Gasteiger partial charge in [-0.05, 0) is 24.3 Å². The van der Waals surface area contributed by atoms with Crippen molar-refractivity contribution in [3.63, 3.8) is 0 Å². The minimum absolute atomic E-state index is 0.183. The van der Waals surface area contributed by atoms with Crippen molar-refractivity contribution in [2.24, 2.45) is 0 Å². The molecule has 2 aromatic carbocycles. The van der Waals surface area contributed by atoms with Crippen molar-refractivity contribution >= 4 is 21.8 Å². The lowest BCUT2D eigenvalue weighted by Gasteiger charge is -2.07. The Balaban J connectivity index is 2.09. The van der Waals surface area contributed by atoms with E-state index >= 15 is 0 Å².